The fourth-order valence-electron chi connectivity index (χ4n) is 1.45. The Morgan fingerprint density at radius 3 is 3.00 bits per heavy atom. The lowest BCUT2D eigenvalue weighted by Crippen LogP contribution is -2.03. The van der Waals surface area contributed by atoms with Crippen molar-refractivity contribution in [2.24, 2.45) is 0 Å². The second kappa shape index (κ2) is 2.49. The van der Waals surface area contributed by atoms with E-state index in [1.54, 1.807) is 0 Å². The Morgan fingerprint density at radius 1 is 1.50 bits per heavy atom. The van der Waals surface area contributed by atoms with Gasteiger partial charge in [0.25, 0.3) is 0 Å². The summed E-state index contributed by atoms with van der Waals surface area (Å²) in [7, 11) is 0. The third kappa shape index (κ3) is 1.08. The summed E-state index contributed by atoms with van der Waals surface area (Å²) in [6.07, 6.45) is 0.455. The van der Waals surface area contributed by atoms with Gasteiger partial charge in [0.1, 0.15) is 0 Å². The van der Waals surface area contributed by atoms with Crippen LogP contribution in [0.25, 0.3) is 0 Å². The van der Waals surface area contributed by atoms with Crippen LogP contribution in [0, 0.1) is 6.92 Å². The summed E-state index contributed by atoms with van der Waals surface area (Å²) in [5, 5.41) is 3.36. The summed E-state index contributed by atoms with van der Waals surface area (Å²) < 4.78 is 0. The summed E-state index contributed by atoms with van der Waals surface area (Å²) in [5.74, 6) is 0.0255. The average molecular weight is 182 g/mol. The number of hydrogen-bond acceptors (Lipinski definition) is 1. The van der Waals surface area contributed by atoms with Crippen LogP contribution in [0.2, 0.25) is 5.02 Å². The molecule has 0 atom stereocenters. The summed E-state index contributed by atoms with van der Waals surface area (Å²) in [6.45, 7) is 1.97. The molecule has 0 saturated heterocycles. The smallest absolute Gasteiger partial charge is 0.228 e. The van der Waals surface area contributed by atoms with Gasteiger partial charge in [0.05, 0.1) is 17.1 Å². The van der Waals surface area contributed by atoms with Gasteiger partial charge in [-0.15, -0.1) is 0 Å². The normalized spacial score (nSPS) is 14.3. The molecule has 1 aromatic rings. The number of fused-ring (bicyclic) bond motifs is 1. The van der Waals surface area contributed by atoms with E-state index in [2.05, 4.69) is 5.32 Å². The predicted octanol–water partition coefficient (Wildman–Crippen LogP) is 2.14. The molecule has 1 aliphatic rings. The van der Waals surface area contributed by atoms with Gasteiger partial charge < -0.3 is 5.32 Å². The van der Waals surface area contributed by atoms with Crippen molar-refractivity contribution in [1.82, 2.24) is 0 Å². The van der Waals surface area contributed by atoms with Crippen molar-refractivity contribution >= 4 is 23.2 Å². The number of halogens is 1. The van der Waals surface area contributed by atoms with Gasteiger partial charge in [-0.1, -0.05) is 17.7 Å². The van der Waals surface area contributed by atoms with E-state index in [-0.39, 0.29) is 5.91 Å². The fourth-order valence-corrected chi connectivity index (χ4v) is 1.79. The molecule has 1 N–H and O–H groups in total. The van der Waals surface area contributed by atoms with Crippen LogP contribution in [-0.2, 0) is 11.2 Å². The highest BCUT2D eigenvalue weighted by atomic mass is 35.5. The van der Waals surface area contributed by atoms with Gasteiger partial charge in [-0.05, 0) is 24.1 Å². The maximum atomic E-state index is 11.0. The maximum absolute atomic E-state index is 11.0. The Kier molecular flexibility index (Phi) is 1.58. The van der Waals surface area contributed by atoms with Gasteiger partial charge >= 0.3 is 0 Å². The Morgan fingerprint density at radius 2 is 2.25 bits per heavy atom. The molecular weight excluding hydrogens is 174 g/mol. The number of nitrogens with one attached hydrogen (secondary N) is 1. The summed E-state index contributed by atoms with van der Waals surface area (Å²) in [6, 6.07) is 3.84. The highest BCUT2D eigenvalue weighted by molar-refractivity contribution is 6.34. The Balaban J connectivity index is 2.59. The molecule has 1 heterocycles. The molecule has 0 saturated carbocycles. The van der Waals surface area contributed by atoms with Crippen LogP contribution < -0.4 is 5.32 Å². The summed E-state index contributed by atoms with van der Waals surface area (Å²) in [5.41, 5.74) is 2.88. The minimum atomic E-state index is 0.0255. The van der Waals surface area contributed by atoms with E-state index >= 15 is 0 Å². The molecular formula is C9H8ClNO. The molecule has 0 radical (unpaired) electrons. The lowest BCUT2D eigenvalue weighted by Gasteiger charge is -2.02. The number of amides is 1. The van der Waals surface area contributed by atoms with Gasteiger partial charge in [0.15, 0.2) is 0 Å². The molecule has 3 heteroatoms. The molecule has 0 aliphatic carbocycles. The Bertz CT molecular complexity index is 360. The molecule has 2 rings (SSSR count). The topological polar surface area (TPSA) is 29.1 Å². The Hall–Kier alpha value is -1.02. The van der Waals surface area contributed by atoms with Crippen molar-refractivity contribution in [3.05, 3.63) is 28.3 Å². The molecule has 0 aromatic heterocycles. The zero-order valence-corrected chi connectivity index (χ0v) is 7.40. The first-order valence-electron chi connectivity index (χ1n) is 3.75. The van der Waals surface area contributed by atoms with E-state index < -0.39 is 0 Å². The van der Waals surface area contributed by atoms with E-state index in [4.69, 9.17) is 11.6 Å². The van der Waals surface area contributed by atoms with Crippen molar-refractivity contribution in [2.45, 2.75) is 13.3 Å². The molecule has 0 unspecified atom stereocenters. The summed E-state index contributed by atoms with van der Waals surface area (Å²) >= 11 is 5.93. The Labute approximate surface area is 75.5 Å². The highest BCUT2D eigenvalue weighted by Gasteiger charge is 2.19. The van der Waals surface area contributed by atoms with Gasteiger partial charge in [0.2, 0.25) is 5.91 Å². The van der Waals surface area contributed by atoms with Gasteiger partial charge in [-0.2, -0.15) is 0 Å². The SMILES string of the molecule is Cc1cc(Cl)c2c(c1)CC(=O)N2. The van der Waals surface area contributed by atoms with Gasteiger partial charge in [-0.3, -0.25) is 4.79 Å². The zero-order chi connectivity index (χ0) is 8.72. The molecule has 1 amide bonds. The lowest BCUT2D eigenvalue weighted by molar-refractivity contribution is -0.115. The number of anilines is 1. The van der Waals surface area contributed by atoms with Crippen LogP contribution in [0.1, 0.15) is 11.1 Å². The van der Waals surface area contributed by atoms with Crippen molar-refractivity contribution < 1.29 is 4.79 Å². The minimum Gasteiger partial charge on any atom is -0.324 e. The summed E-state index contributed by atoms with van der Waals surface area (Å²) in [4.78, 5) is 11.0. The third-order valence-electron chi connectivity index (χ3n) is 1.93. The lowest BCUT2D eigenvalue weighted by atomic mass is 10.1. The predicted molar refractivity (Wildman–Crippen MR) is 48.5 cm³/mol. The maximum Gasteiger partial charge on any atom is 0.228 e. The quantitative estimate of drug-likeness (QED) is 0.653. The molecule has 1 aliphatic heterocycles. The molecule has 1 aromatic carbocycles. The van der Waals surface area contributed by atoms with Gasteiger partial charge in [-0.25, -0.2) is 0 Å². The second-order valence-corrected chi connectivity index (χ2v) is 3.41. The largest absolute Gasteiger partial charge is 0.324 e. The number of carbonyl (C=O) groups excluding carboxylic acids is 1. The first kappa shape index (κ1) is 7.62. The number of benzene rings is 1. The number of hydrogen-bond donors (Lipinski definition) is 1. The van der Waals surface area contributed by atoms with Crippen molar-refractivity contribution in [3.63, 3.8) is 0 Å². The third-order valence-corrected chi connectivity index (χ3v) is 2.23. The molecule has 0 fully saturated rings. The number of carbonyl (C=O) groups is 1. The van der Waals surface area contributed by atoms with E-state index in [9.17, 15) is 4.79 Å². The van der Waals surface area contributed by atoms with Crippen molar-refractivity contribution in [3.8, 4) is 0 Å². The molecule has 2 nitrogen and oxygen atoms in total. The van der Waals surface area contributed by atoms with Crippen LogP contribution >= 0.6 is 11.6 Å². The van der Waals surface area contributed by atoms with E-state index in [0.717, 1.165) is 16.8 Å². The van der Waals surface area contributed by atoms with Crippen molar-refractivity contribution in [1.29, 1.82) is 0 Å². The molecule has 12 heavy (non-hydrogen) atoms. The molecule has 62 valence electrons. The van der Waals surface area contributed by atoms with Crippen LogP contribution in [0.4, 0.5) is 5.69 Å². The van der Waals surface area contributed by atoms with Crippen LogP contribution in [0.15, 0.2) is 12.1 Å². The minimum absolute atomic E-state index is 0.0255. The second-order valence-electron chi connectivity index (χ2n) is 3.01. The monoisotopic (exact) mass is 181 g/mol. The van der Waals surface area contributed by atoms with Crippen LogP contribution in [0.3, 0.4) is 0 Å². The van der Waals surface area contributed by atoms with E-state index in [1.807, 2.05) is 19.1 Å². The standard InChI is InChI=1S/C9H8ClNO/c1-5-2-6-4-8(12)11-9(6)7(10)3-5/h2-3H,4H2,1H3,(H,11,12). The number of rotatable bonds is 0. The fraction of sp³-hybridized carbons (Fsp3) is 0.222. The number of aryl methyl sites for hydroxylation is 1. The first-order chi connectivity index (χ1) is 5.66. The zero-order valence-electron chi connectivity index (χ0n) is 6.65. The molecule has 0 spiro atoms. The van der Waals surface area contributed by atoms with Crippen LogP contribution in [0.5, 0.6) is 0 Å². The van der Waals surface area contributed by atoms with Crippen molar-refractivity contribution in [2.75, 3.05) is 5.32 Å². The van der Waals surface area contributed by atoms with Gasteiger partial charge in [0, 0.05) is 0 Å². The molecule has 0 bridgehead atoms. The average Bonchev–Trinajstić information content (AvgIpc) is 2.29. The van der Waals surface area contributed by atoms with Crippen LogP contribution in [-0.4, -0.2) is 5.91 Å². The highest BCUT2D eigenvalue weighted by Crippen LogP contribution is 2.31. The first-order valence-corrected chi connectivity index (χ1v) is 4.13. The van der Waals surface area contributed by atoms with E-state index in [1.165, 1.54) is 0 Å². The van der Waals surface area contributed by atoms with E-state index in [0.29, 0.717) is 11.4 Å².